The molecule has 0 fully saturated rings. The number of hydrogen-bond acceptors (Lipinski definition) is 6. The number of nitrogens with two attached hydrogens (primary N) is 1. The predicted octanol–water partition coefficient (Wildman–Crippen LogP) is 4.50. The van der Waals surface area contributed by atoms with Crippen LogP contribution in [0.2, 0.25) is 5.02 Å². The van der Waals surface area contributed by atoms with Crippen molar-refractivity contribution in [2.24, 2.45) is 5.11 Å². The fourth-order valence-electron chi connectivity index (χ4n) is 2.92. The van der Waals surface area contributed by atoms with Crippen LogP contribution in [-0.4, -0.2) is 27.5 Å². The highest BCUT2D eigenvalue weighted by atomic mass is 35.5. The minimum Gasteiger partial charge on any atom is -0.507 e. The molecule has 9 nitrogen and oxygen atoms in total. The van der Waals surface area contributed by atoms with E-state index in [9.17, 15) is 9.90 Å². The van der Waals surface area contributed by atoms with Gasteiger partial charge in [-0.3, -0.25) is 4.79 Å². The summed E-state index contributed by atoms with van der Waals surface area (Å²) in [6.45, 7) is 2.38. The zero-order chi connectivity index (χ0) is 21.7. The summed E-state index contributed by atoms with van der Waals surface area (Å²) in [4.78, 5) is 22.7. The number of rotatable bonds is 6. The Morgan fingerprint density at radius 3 is 2.87 bits per heavy atom. The minimum absolute atomic E-state index is 0.0460. The topological polar surface area (TPSA) is 150 Å². The number of aromatic hydroxyl groups is 1. The lowest BCUT2D eigenvalue weighted by molar-refractivity contribution is 0.0997. The molecule has 10 heteroatoms. The summed E-state index contributed by atoms with van der Waals surface area (Å²) in [5.41, 5.74) is 17.4. The third-order valence-electron chi connectivity index (χ3n) is 4.43. The lowest BCUT2D eigenvalue weighted by Crippen LogP contribution is -2.09. The van der Waals surface area contributed by atoms with E-state index >= 15 is 0 Å². The predicted molar refractivity (Wildman–Crippen MR) is 115 cm³/mol. The van der Waals surface area contributed by atoms with Crippen LogP contribution in [0.15, 0.2) is 47.6 Å². The van der Waals surface area contributed by atoms with Gasteiger partial charge in [0.25, 0.3) is 5.91 Å². The lowest BCUT2D eigenvalue weighted by atomic mass is 10.1. The van der Waals surface area contributed by atoms with Crippen molar-refractivity contribution < 1.29 is 9.90 Å². The minimum atomic E-state index is -0.838. The number of anilines is 2. The Hall–Kier alpha value is -3.81. The van der Waals surface area contributed by atoms with Crippen molar-refractivity contribution in [2.75, 3.05) is 17.6 Å². The average Bonchev–Trinajstić information content (AvgIpc) is 2.71. The summed E-state index contributed by atoms with van der Waals surface area (Å²) in [5.74, 6) is -0.411. The zero-order valence-corrected chi connectivity index (χ0v) is 16.8. The van der Waals surface area contributed by atoms with Gasteiger partial charge in [-0.05, 0) is 53.3 Å². The van der Waals surface area contributed by atoms with Gasteiger partial charge in [0.05, 0.1) is 11.3 Å². The summed E-state index contributed by atoms with van der Waals surface area (Å²) in [5, 5.41) is 16.6. The van der Waals surface area contributed by atoms with Gasteiger partial charge < -0.3 is 16.2 Å². The van der Waals surface area contributed by atoms with Crippen LogP contribution in [0.3, 0.4) is 0 Å². The molecule has 0 spiro atoms. The molecule has 3 aromatic rings. The number of benzene rings is 2. The first kappa shape index (κ1) is 20.9. The molecule has 1 aromatic heterocycles. The Morgan fingerprint density at radius 2 is 2.10 bits per heavy atom. The van der Waals surface area contributed by atoms with Crippen LogP contribution >= 0.6 is 11.6 Å². The maximum absolute atomic E-state index is 11.7. The second-order valence-electron chi connectivity index (χ2n) is 6.43. The summed E-state index contributed by atoms with van der Waals surface area (Å²) < 4.78 is 0. The molecule has 0 saturated heterocycles. The second-order valence-corrected chi connectivity index (χ2v) is 6.84. The molecule has 0 aliphatic carbocycles. The van der Waals surface area contributed by atoms with Crippen molar-refractivity contribution in [1.29, 1.82) is 0 Å². The van der Waals surface area contributed by atoms with Gasteiger partial charge in [-0.1, -0.05) is 29.8 Å². The number of phenols is 1. The van der Waals surface area contributed by atoms with Gasteiger partial charge in [0.15, 0.2) is 0 Å². The molecular formula is C20H18ClN7O2. The van der Waals surface area contributed by atoms with E-state index in [1.165, 1.54) is 12.1 Å². The van der Waals surface area contributed by atoms with Crippen LogP contribution < -0.4 is 11.1 Å². The van der Waals surface area contributed by atoms with Gasteiger partial charge in [-0.2, -0.15) is 4.98 Å². The van der Waals surface area contributed by atoms with Gasteiger partial charge in [0.1, 0.15) is 11.6 Å². The molecule has 30 heavy (non-hydrogen) atoms. The van der Waals surface area contributed by atoms with E-state index in [1.807, 2.05) is 25.1 Å². The zero-order valence-electron chi connectivity index (χ0n) is 16.0. The van der Waals surface area contributed by atoms with Crippen LogP contribution in [0.25, 0.3) is 21.7 Å². The van der Waals surface area contributed by atoms with Gasteiger partial charge >= 0.3 is 0 Å². The van der Waals surface area contributed by atoms with Crippen molar-refractivity contribution in [3.63, 3.8) is 0 Å². The van der Waals surface area contributed by atoms with Gasteiger partial charge in [0.2, 0.25) is 5.95 Å². The number of amides is 1. The maximum Gasteiger partial charge on any atom is 0.252 e. The van der Waals surface area contributed by atoms with Crippen LogP contribution in [0, 0.1) is 6.92 Å². The Morgan fingerprint density at radius 1 is 1.30 bits per heavy atom. The van der Waals surface area contributed by atoms with Gasteiger partial charge in [-0.25, -0.2) is 4.98 Å². The summed E-state index contributed by atoms with van der Waals surface area (Å²) in [7, 11) is 0. The molecule has 0 bridgehead atoms. The molecule has 0 aliphatic rings. The van der Waals surface area contributed by atoms with E-state index in [0.29, 0.717) is 29.5 Å². The van der Waals surface area contributed by atoms with Gasteiger partial charge in [-0.15, -0.1) is 0 Å². The molecule has 2 aromatic carbocycles. The Balaban J connectivity index is 1.75. The molecule has 4 N–H and O–H groups in total. The molecule has 1 heterocycles. The number of halogens is 1. The van der Waals surface area contributed by atoms with Crippen LogP contribution in [0.1, 0.15) is 21.5 Å². The third kappa shape index (κ3) is 4.78. The molecular weight excluding hydrogens is 406 g/mol. The monoisotopic (exact) mass is 423 g/mol. The van der Waals surface area contributed by atoms with Gasteiger partial charge in [0, 0.05) is 28.1 Å². The maximum atomic E-state index is 11.7. The molecule has 0 aliphatic heterocycles. The van der Waals surface area contributed by atoms with Crippen molar-refractivity contribution >= 4 is 29.3 Å². The standard InChI is InChI=1S/C20H18ClN7O2/c1-11-13(3-2-4-15(11)21)16-10-18(26-20(22)25-16)24-8-7-12-5-6-17(29)14(9-12)19(30)27-28-23/h2-6,9-10,29H,7-8H2,1H3,(H3,22,24,25,26). The third-order valence-corrected chi connectivity index (χ3v) is 4.84. The number of aromatic nitrogens is 2. The lowest BCUT2D eigenvalue weighted by Gasteiger charge is -2.11. The van der Waals surface area contributed by atoms with Crippen molar-refractivity contribution in [3.8, 4) is 17.0 Å². The normalized spacial score (nSPS) is 10.3. The van der Waals surface area contributed by atoms with E-state index in [4.69, 9.17) is 22.9 Å². The number of nitrogen functional groups attached to an aromatic ring is 1. The van der Waals surface area contributed by atoms with E-state index in [2.05, 4.69) is 25.3 Å². The highest BCUT2D eigenvalue weighted by Crippen LogP contribution is 2.28. The Bertz CT molecular complexity index is 1160. The van der Waals surface area contributed by atoms with Crippen molar-refractivity contribution in [1.82, 2.24) is 9.97 Å². The number of nitrogens with one attached hydrogen (secondary N) is 1. The number of phenolic OH excluding ortho intramolecular Hbond substituents is 1. The fraction of sp³-hybridized carbons (Fsp3) is 0.150. The van der Waals surface area contributed by atoms with Crippen LogP contribution in [0.4, 0.5) is 11.8 Å². The Labute approximate surface area is 177 Å². The molecule has 0 unspecified atom stereocenters. The smallest absolute Gasteiger partial charge is 0.252 e. The van der Waals surface area contributed by atoms with E-state index in [1.54, 1.807) is 12.1 Å². The Kier molecular flexibility index (Phi) is 6.36. The highest BCUT2D eigenvalue weighted by molar-refractivity contribution is 6.31. The number of azide groups is 1. The fourth-order valence-corrected chi connectivity index (χ4v) is 3.09. The number of carbonyl (C=O) groups excluding carboxylic acids is 1. The molecule has 0 radical (unpaired) electrons. The summed E-state index contributed by atoms with van der Waals surface area (Å²) in [6.07, 6.45) is 0.520. The first-order chi connectivity index (χ1) is 14.4. The van der Waals surface area contributed by atoms with E-state index < -0.39 is 5.91 Å². The van der Waals surface area contributed by atoms with Crippen molar-refractivity contribution in [2.45, 2.75) is 13.3 Å². The second kappa shape index (κ2) is 9.13. The number of nitrogens with zero attached hydrogens (tertiary/aromatic N) is 5. The van der Waals surface area contributed by atoms with E-state index in [0.717, 1.165) is 16.7 Å². The number of hydrogen-bond donors (Lipinski definition) is 3. The van der Waals surface area contributed by atoms with Crippen LogP contribution in [-0.2, 0) is 6.42 Å². The average molecular weight is 424 g/mol. The largest absolute Gasteiger partial charge is 0.507 e. The van der Waals surface area contributed by atoms with Crippen molar-refractivity contribution in [3.05, 3.63) is 74.6 Å². The van der Waals surface area contributed by atoms with Crippen LogP contribution in [0.5, 0.6) is 5.75 Å². The first-order valence-corrected chi connectivity index (χ1v) is 9.32. The molecule has 152 valence electrons. The molecule has 3 rings (SSSR count). The molecule has 0 atom stereocenters. The summed E-state index contributed by atoms with van der Waals surface area (Å²) in [6, 6.07) is 11.9. The first-order valence-electron chi connectivity index (χ1n) is 8.94. The number of carbonyl (C=O) groups is 1. The molecule has 0 saturated carbocycles. The SMILES string of the molecule is Cc1c(Cl)cccc1-c1cc(NCCc2ccc(O)c(C(=O)N=[N+]=[N-])c2)nc(N)n1. The quantitative estimate of drug-likeness (QED) is 0.301. The van der Waals surface area contributed by atoms with E-state index in [-0.39, 0.29) is 17.3 Å². The highest BCUT2D eigenvalue weighted by Gasteiger charge is 2.11. The molecule has 1 amide bonds. The summed E-state index contributed by atoms with van der Waals surface area (Å²) >= 11 is 6.20.